The fraction of sp³-hybridized carbons (Fsp3) is 0.750. The van der Waals surface area contributed by atoms with Gasteiger partial charge >= 0.3 is 0 Å². The lowest BCUT2D eigenvalue weighted by Gasteiger charge is -2.29. The molecular formula is C16H28N2OS. The van der Waals surface area contributed by atoms with E-state index in [4.69, 9.17) is 4.74 Å². The Bertz CT molecular complexity index is 351. The quantitative estimate of drug-likeness (QED) is 0.635. The molecule has 1 saturated carbocycles. The van der Waals surface area contributed by atoms with Gasteiger partial charge in [0.25, 0.3) is 0 Å². The molecule has 0 saturated heterocycles. The number of ether oxygens (including phenoxy) is 1. The summed E-state index contributed by atoms with van der Waals surface area (Å²) >= 11 is 1.78. The molecule has 1 aromatic heterocycles. The van der Waals surface area contributed by atoms with Crippen LogP contribution in [0.15, 0.2) is 16.8 Å². The first-order chi connectivity index (χ1) is 9.81. The van der Waals surface area contributed by atoms with E-state index in [9.17, 15) is 0 Å². The van der Waals surface area contributed by atoms with E-state index in [2.05, 4.69) is 34.0 Å². The van der Waals surface area contributed by atoms with Gasteiger partial charge in [-0.3, -0.25) is 4.90 Å². The predicted octanol–water partition coefficient (Wildman–Crippen LogP) is 2.63. The van der Waals surface area contributed by atoms with Crippen molar-refractivity contribution in [3.8, 4) is 0 Å². The molecule has 0 radical (unpaired) electrons. The molecule has 114 valence electrons. The number of rotatable bonds is 11. The molecule has 1 unspecified atom stereocenters. The van der Waals surface area contributed by atoms with Crippen molar-refractivity contribution < 1.29 is 4.74 Å². The van der Waals surface area contributed by atoms with Crippen molar-refractivity contribution >= 4 is 11.3 Å². The summed E-state index contributed by atoms with van der Waals surface area (Å²) in [5.41, 5.74) is 1.45. The van der Waals surface area contributed by atoms with Crippen molar-refractivity contribution in [2.75, 3.05) is 39.9 Å². The van der Waals surface area contributed by atoms with Gasteiger partial charge in [-0.2, -0.15) is 11.3 Å². The highest BCUT2D eigenvalue weighted by Crippen LogP contribution is 2.34. The zero-order valence-corrected chi connectivity index (χ0v) is 13.6. The van der Waals surface area contributed by atoms with Crippen LogP contribution in [0.2, 0.25) is 0 Å². The lowest BCUT2D eigenvalue weighted by Crippen LogP contribution is -2.41. The normalized spacial score (nSPS) is 16.8. The van der Waals surface area contributed by atoms with Crippen molar-refractivity contribution in [1.29, 1.82) is 0 Å². The highest BCUT2D eigenvalue weighted by molar-refractivity contribution is 7.07. The molecule has 3 nitrogen and oxygen atoms in total. The SMILES string of the molecule is COCCN(CCNCCc1ccsc1)C(C)C1CC1. The Kier molecular flexibility index (Phi) is 7.00. The molecule has 0 aromatic carbocycles. The lowest BCUT2D eigenvalue weighted by molar-refractivity contribution is 0.117. The summed E-state index contributed by atoms with van der Waals surface area (Å²) in [6.45, 7) is 7.55. The smallest absolute Gasteiger partial charge is 0.0589 e. The summed E-state index contributed by atoms with van der Waals surface area (Å²) in [6.07, 6.45) is 3.96. The lowest BCUT2D eigenvalue weighted by atomic mass is 10.2. The van der Waals surface area contributed by atoms with Crippen LogP contribution in [-0.4, -0.2) is 50.8 Å². The summed E-state index contributed by atoms with van der Waals surface area (Å²) in [7, 11) is 1.79. The summed E-state index contributed by atoms with van der Waals surface area (Å²) in [5, 5.41) is 7.96. The van der Waals surface area contributed by atoms with Crippen LogP contribution in [0, 0.1) is 5.92 Å². The molecule has 1 aliphatic rings. The highest BCUT2D eigenvalue weighted by atomic mass is 32.1. The van der Waals surface area contributed by atoms with Crippen molar-refractivity contribution in [2.24, 2.45) is 5.92 Å². The second-order valence-electron chi connectivity index (χ2n) is 5.74. The number of hydrogen-bond acceptors (Lipinski definition) is 4. The largest absolute Gasteiger partial charge is 0.383 e. The minimum atomic E-state index is 0.712. The molecule has 1 heterocycles. The second-order valence-corrected chi connectivity index (χ2v) is 6.52. The van der Waals surface area contributed by atoms with E-state index >= 15 is 0 Å². The maximum Gasteiger partial charge on any atom is 0.0589 e. The molecule has 2 rings (SSSR count). The maximum absolute atomic E-state index is 5.24. The fourth-order valence-electron chi connectivity index (χ4n) is 2.62. The first-order valence-corrected chi connectivity index (χ1v) is 8.70. The predicted molar refractivity (Wildman–Crippen MR) is 86.5 cm³/mol. The van der Waals surface area contributed by atoms with E-state index in [1.165, 1.54) is 18.4 Å². The van der Waals surface area contributed by atoms with Crippen LogP contribution in [0.3, 0.4) is 0 Å². The van der Waals surface area contributed by atoms with Gasteiger partial charge in [-0.25, -0.2) is 0 Å². The van der Waals surface area contributed by atoms with E-state index in [-0.39, 0.29) is 0 Å². The van der Waals surface area contributed by atoms with Gasteiger partial charge in [0.15, 0.2) is 0 Å². The minimum absolute atomic E-state index is 0.712. The molecule has 1 N–H and O–H groups in total. The van der Waals surface area contributed by atoms with Crippen LogP contribution in [0.25, 0.3) is 0 Å². The van der Waals surface area contributed by atoms with Crippen molar-refractivity contribution in [2.45, 2.75) is 32.2 Å². The first-order valence-electron chi connectivity index (χ1n) is 7.76. The molecule has 4 heteroatoms. The third kappa shape index (κ3) is 5.52. The van der Waals surface area contributed by atoms with Gasteiger partial charge in [0.1, 0.15) is 0 Å². The summed E-state index contributed by atoms with van der Waals surface area (Å²) in [5.74, 6) is 0.928. The number of methoxy groups -OCH3 is 1. The number of nitrogens with zero attached hydrogens (tertiary/aromatic N) is 1. The van der Waals surface area contributed by atoms with Crippen LogP contribution in [-0.2, 0) is 11.2 Å². The van der Waals surface area contributed by atoms with Crippen molar-refractivity contribution in [3.05, 3.63) is 22.4 Å². The Balaban J connectivity index is 1.60. The third-order valence-corrected chi connectivity index (χ3v) is 4.94. The average molecular weight is 296 g/mol. The fourth-order valence-corrected chi connectivity index (χ4v) is 3.32. The second kappa shape index (κ2) is 8.78. The van der Waals surface area contributed by atoms with Crippen LogP contribution in [0.1, 0.15) is 25.3 Å². The number of nitrogens with one attached hydrogen (secondary N) is 1. The van der Waals surface area contributed by atoms with Crippen molar-refractivity contribution in [1.82, 2.24) is 10.2 Å². The van der Waals surface area contributed by atoms with Crippen LogP contribution < -0.4 is 5.32 Å². The monoisotopic (exact) mass is 296 g/mol. The Morgan fingerprint density at radius 3 is 2.90 bits per heavy atom. The summed E-state index contributed by atoms with van der Waals surface area (Å²) in [6, 6.07) is 2.93. The molecule has 1 fully saturated rings. The summed E-state index contributed by atoms with van der Waals surface area (Å²) < 4.78 is 5.24. The standard InChI is InChI=1S/C16H28N2OS/c1-14(16-3-4-16)18(10-11-19-2)9-8-17-7-5-15-6-12-20-13-15/h6,12-14,16-17H,3-5,7-11H2,1-2H3. The zero-order valence-electron chi connectivity index (χ0n) is 12.8. The van der Waals surface area contributed by atoms with Gasteiger partial charge < -0.3 is 10.1 Å². The summed E-state index contributed by atoms with van der Waals surface area (Å²) in [4.78, 5) is 2.58. The molecule has 1 aromatic rings. The van der Waals surface area contributed by atoms with Gasteiger partial charge in [-0.1, -0.05) is 0 Å². The first kappa shape index (κ1) is 16.0. The van der Waals surface area contributed by atoms with Gasteiger partial charge in [0, 0.05) is 32.8 Å². The molecule has 0 amide bonds. The Hall–Kier alpha value is -0.420. The average Bonchev–Trinajstić information content (AvgIpc) is 3.18. The highest BCUT2D eigenvalue weighted by Gasteiger charge is 2.31. The van der Waals surface area contributed by atoms with E-state index < -0.39 is 0 Å². The van der Waals surface area contributed by atoms with Gasteiger partial charge in [0.05, 0.1) is 6.61 Å². The van der Waals surface area contributed by atoms with Crippen LogP contribution in [0.4, 0.5) is 0 Å². The van der Waals surface area contributed by atoms with Crippen LogP contribution in [0.5, 0.6) is 0 Å². The van der Waals surface area contributed by atoms with E-state index in [1.54, 1.807) is 18.4 Å². The molecular weight excluding hydrogens is 268 g/mol. The topological polar surface area (TPSA) is 24.5 Å². The molecule has 20 heavy (non-hydrogen) atoms. The molecule has 0 bridgehead atoms. The molecule has 1 atom stereocenters. The Labute approximate surface area is 127 Å². The van der Waals surface area contributed by atoms with Gasteiger partial charge in [-0.15, -0.1) is 0 Å². The molecule has 0 aliphatic heterocycles. The third-order valence-electron chi connectivity index (χ3n) is 4.21. The molecule has 0 spiro atoms. The van der Waals surface area contributed by atoms with E-state index in [1.807, 2.05) is 0 Å². The number of thiophene rings is 1. The Morgan fingerprint density at radius 1 is 1.40 bits per heavy atom. The zero-order chi connectivity index (χ0) is 14.2. The Morgan fingerprint density at radius 2 is 2.25 bits per heavy atom. The van der Waals surface area contributed by atoms with Gasteiger partial charge in [0.2, 0.25) is 0 Å². The minimum Gasteiger partial charge on any atom is -0.383 e. The van der Waals surface area contributed by atoms with Crippen LogP contribution >= 0.6 is 11.3 Å². The molecule has 1 aliphatic carbocycles. The van der Waals surface area contributed by atoms with Gasteiger partial charge in [-0.05, 0) is 61.0 Å². The maximum atomic E-state index is 5.24. The number of hydrogen-bond donors (Lipinski definition) is 1. The van der Waals surface area contributed by atoms with E-state index in [0.29, 0.717) is 6.04 Å². The van der Waals surface area contributed by atoms with Crippen molar-refractivity contribution in [3.63, 3.8) is 0 Å². The van der Waals surface area contributed by atoms with E-state index in [0.717, 1.165) is 45.1 Å².